The van der Waals surface area contributed by atoms with Crippen molar-refractivity contribution < 1.29 is 29.7 Å². The molecule has 8 nitrogen and oxygen atoms in total. The predicted octanol–water partition coefficient (Wildman–Crippen LogP) is -0.554. The number of aliphatic carboxylic acids is 1. The van der Waals surface area contributed by atoms with Crippen molar-refractivity contribution in [3.05, 3.63) is 33.8 Å². The Morgan fingerprint density at radius 1 is 1.22 bits per heavy atom. The summed E-state index contributed by atoms with van der Waals surface area (Å²) in [5, 5.41) is 26.3. The van der Waals surface area contributed by atoms with Gasteiger partial charge >= 0.3 is 11.9 Å². The summed E-state index contributed by atoms with van der Waals surface area (Å²) in [7, 11) is 0. The Labute approximate surface area is 98.8 Å². The van der Waals surface area contributed by atoms with Crippen LogP contribution in [-0.4, -0.2) is 38.0 Å². The van der Waals surface area contributed by atoms with E-state index in [0.717, 1.165) is 12.1 Å². The maximum Gasteiger partial charge on any atom is 0.376 e. The second-order valence-corrected chi connectivity index (χ2v) is 3.12. The average molecular weight is 253 g/mol. The highest BCUT2D eigenvalue weighted by molar-refractivity contribution is 6.38. The minimum atomic E-state index is -1.72. The highest BCUT2D eigenvalue weighted by Crippen LogP contribution is 2.14. The van der Waals surface area contributed by atoms with Crippen LogP contribution in [0, 0.1) is 0 Å². The van der Waals surface area contributed by atoms with Gasteiger partial charge in [0.2, 0.25) is 0 Å². The highest BCUT2D eigenvalue weighted by Gasteiger charge is 2.12. The van der Waals surface area contributed by atoms with Crippen molar-refractivity contribution in [2.24, 2.45) is 0 Å². The standard InChI is InChI=1S/C10H7NO7/c12-6(10(17)18)2-1-4-7(13)3-5(9(15)16)11-8(4)14/h1-3H,(H,15,16)(H,17,18)(H2,11,13,14)/b2-1+. The molecule has 0 bridgehead atoms. The fraction of sp³-hybridized carbons (Fsp3) is 0. The van der Waals surface area contributed by atoms with Gasteiger partial charge in [0.25, 0.3) is 11.3 Å². The Hall–Kier alpha value is -2.90. The van der Waals surface area contributed by atoms with Crippen LogP contribution in [0.25, 0.3) is 6.08 Å². The molecule has 0 spiro atoms. The lowest BCUT2D eigenvalue weighted by atomic mass is 10.2. The van der Waals surface area contributed by atoms with E-state index in [1.54, 1.807) is 0 Å². The highest BCUT2D eigenvalue weighted by atomic mass is 16.4. The molecule has 0 aliphatic rings. The van der Waals surface area contributed by atoms with Crippen LogP contribution in [0.1, 0.15) is 16.1 Å². The Morgan fingerprint density at radius 3 is 2.28 bits per heavy atom. The minimum absolute atomic E-state index is 0.408. The van der Waals surface area contributed by atoms with Crippen LogP contribution in [-0.2, 0) is 9.59 Å². The zero-order valence-electron chi connectivity index (χ0n) is 8.71. The minimum Gasteiger partial charge on any atom is -0.507 e. The maximum atomic E-state index is 11.4. The molecule has 1 rings (SSSR count). The van der Waals surface area contributed by atoms with E-state index >= 15 is 0 Å². The first-order chi connectivity index (χ1) is 8.32. The molecule has 0 aromatic carbocycles. The van der Waals surface area contributed by atoms with Gasteiger partial charge in [-0.3, -0.25) is 9.59 Å². The van der Waals surface area contributed by atoms with Crippen LogP contribution in [0.4, 0.5) is 0 Å². The van der Waals surface area contributed by atoms with Crippen molar-refractivity contribution in [2.75, 3.05) is 0 Å². The molecule has 0 saturated carbocycles. The van der Waals surface area contributed by atoms with E-state index in [0.29, 0.717) is 6.08 Å². The summed E-state index contributed by atoms with van der Waals surface area (Å²) in [4.78, 5) is 44.8. The third kappa shape index (κ3) is 2.82. The first kappa shape index (κ1) is 13.2. The van der Waals surface area contributed by atoms with E-state index < -0.39 is 40.3 Å². The number of pyridine rings is 1. The number of aromatic nitrogens is 1. The molecule has 1 aromatic heterocycles. The first-order valence-corrected chi connectivity index (χ1v) is 4.48. The van der Waals surface area contributed by atoms with Crippen molar-refractivity contribution in [1.82, 2.24) is 4.98 Å². The number of carbonyl (C=O) groups is 3. The van der Waals surface area contributed by atoms with Crippen molar-refractivity contribution in [3.63, 3.8) is 0 Å². The van der Waals surface area contributed by atoms with Gasteiger partial charge in [-0.1, -0.05) is 0 Å². The topological polar surface area (TPSA) is 145 Å². The molecule has 1 heterocycles. The summed E-state index contributed by atoms with van der Waals surface area (Å²) in [6.07, 6.45) is 1.36. The number of nitrogens with one attached hydrogen (secondary N) is 1. The molecular weight excluding hydrogens is 246 g/mol. The third-order valence-corrected chi connectivity index (χ3v) is 1.89. The maximum absolute atomic E-state index is 11.4. The summed E-state index contributed by atoms with van der Waals surface area (Å²) in [6, 6.07) is 0.772. The normalized spacial score (nSPS) is 10.4. The lowest BCUT2D eigenvalue weighted by Gasteiger charge is -2.00. The summed E-state index contributed by atoms with van der Waals surface area (Å²) in [5.41, 5.74) is -1.89. The first-order valence-electron chi connectivity index (χ1n) is 4.48. The van der Waals surface area contributed by atoms with Crippen LogP contribution < -0.4 is 5.56 Å². The Bertz CT molecular complexity index is 611. The van der Waals surface area contributed by atoms with Crippen molar-refractivity contribution in [3.8, 4) is 5.75 Å². The Morgan fingerprint density at radius 2 is 1.83 bits per heavy atom. The Kier molecular flexibility index (Phi) is 3.62. The number of aromatic amines is 1. The van der Waals surface area contributed by atoms with Crippen LogP contribution >= 0.6 is 0 Å². The third-order valence-electron chi connectivity index (χ3n) is 1.89. The zero-order chi connectivity index (χ0) is 13.9. The van der Waals surface area contributed by atoms with Gasteiger partial charge in [-0.25, -0.2) is 9.59 Å². The molecule has 0 unspecified atom stereocenters. The zero-order valence-corrected chi connectivity index (χ0v) is 8.71. The molecule has 0 aliphatic carbocycles. The molecule has 8 heteroatoms. The number of rotatable bonds is 4. The molecule has 0 fully saturated rings. The van der Waals surface area contributed by atoms with E-state index in [9.17, 15) is 24.3 Å². The van der Waals surface area contributed by atoms with Crippen LogP contribution in [0.2, 0.25) is 0 Å². The molecular formula is C10H7NO7. The van der Waals surface area contributed by atoms with Gasteiger partial charge in [0.15, 0.2) is 0 Å². The quantitative estimate of drug-likeness (QED) is 0.416. The summed E-state index contributed by atoms with van der Waals surface area (Å²) < 4.78 is 0. The van der Waals surface area contributed by atoms with Gasteiger partial charge in [0, 0.05) is 6.07 Å². The fourth-order valence-electron chi connectivity index (χ4n) is 1.06. The predicted molar refractivity (Wildman–Crippen MR) is 57.4 cm³/mol. The van der Waals surface area contributed by atoms with Crippen LogP contribution in [0.3, 0.4) is 0 Å². The number of hydrogen-bond acceptors (Lipinski definition) is 5. The number of ketones is 1. The van der Waals surface area contributed by atoms with Gasteiger partial charge in [-0.05, 0) is 12.2 Å². The molecule has 18 heavy (non-hydrogen) atoms. The van der Waals surface area contributed by atoms with E-state index in [2.05, 4.69) is 0 Å². The fourth-order valence-corrected chi connectivity index (χ4v) is 1.06. The second kappa shape index (κ2) is 4.95. The number of carbonyl (C=O) groups excluding carboxylic acids is 1. The van der Waals surface area contributed by atoms with E-state index in [1.165, 1.54) is 0 Å². The molecule has 0 saturated heterocycles. The number of H-pyrrole nitrogens is 1. The molecule has 0 amide bonds. The average Bonchev–Trinajstić information content (AvgIpc) is 2.26. The Balaban J connectivity index is 3.20. The number of hydrogen-bond donors (Lipinski definition) is 4. The molecule has 0 aliphatic heterocycles. The summed E-state index contributed by atoms with van der Waals surface area (Å²) >= 11 is 0. The monoisotopic (exact) mass is 253 g/mol. The van der Waals surface area contributed by atoms with Gasteiger partial charge in [-0.15, -0.1) is 0 Å². The van der Waals surface area contributed by atoms with Gasteiger partial charge in [0.1, 0.15) is 11.4 Å². The van der Waals surface area contributed by atoms with E-state index in [4.69, 9.17) is 10.2 Å². The smallest absolute Gasteiger partial charge is 0.376 e. The number of aromatic carboxylic acids is 1. The molecule has 94 valence electrons. The number of carboxylic acids is 2. The van der Waals surface area contributed by atoms with Crippen molar-refractivity contribution in [2.45, 2.75) is 0 Å². The van der Waals surface area contributed by atoms with Gasteiger partial charge < -0.3 is 20.3 Å². The lowest BCUT2D eigenvalue weighted by molar-refractivity contribution is -0.146. The molecule has 0 atom stereocenters. The van der Waals surface area contributed by atoms with Crippen LogP contribution in [0.5, 0.6) is 5.75 Å². The molecule has 0 radical (unpaired) electrons. The van der Waals surface area contributed by atoms with E-state index in [-0.39, 0.29) is 0 Å². The lowest BCUT2D eigenvalue weighted by Crippen LogP contribution is -2.15. The van der Waals surface area contributed by atoms with Gasteiger partial charge in [-0.2, -0.15) is 0 Å². The largest absolute Gasteiger partial charge is 0.507 e. The van der Waals surface area contributed by atoms with E-state index in [1.807, 2.05) is 4.98 Å². The number of aromatic hydroxyl groups is 1. The van der Waals surface area contributed by atoms with Crippen LogP contribution in [0.15, 0.2) is 16.9 Å². The molecule has 4 N–H and O–H groups in total. The molecule has 1 aromatic rings. The van der Waals surface area contributed by atoms with Crippen molar-refractivity contribution in [1.29, 1.82) is 0 Å². The SMILES string of the molecule is O=C(O)C(=O)/C=C/c1c(O)cc(C(=O)O)[nH]c1=O. The second-order valence-electron chi connectivity index (χ2n) is 3.12. The van der Waals surface area contributed by atoms with Gasteiger partial charge in [0.05, 0.1) is 5.56 Å². The summed E-state index contributed by atoms with van der Waals surface area (Å²) in [5.74, 6) is -5.12. The van der Waals surface area contributed by atoms with Crippen molar-refractivity contribution >= 4 is 23.8 Å². The summed E-state index contributed by atoms with van der Waals surface area (Å²) in [6.45, 7) is 0. The number of carboxylic acid groups (broad SMARTS) is 2.